The lowest BCUT2D eigenvalue weighted by atomic mass is 10.2. The van der Waals surface area contributed by atoms with Crippen LogP contribution in [0.1, 0.15) is 11.3 Å². The monoisotopic (exact) mass is 457 g/mol. The fraction of sp³-hybridized carbons (Fsp3) is 0.200. The summed E-state index contributed by atoms with van der Waals surface area (Å²) in [5, 5.41) is 5.21. The topological polar surface area (TPSA) is 70.8 Å². The minimum absolute atomic E-state index is 0.0226. The summed E-state index contributed by atoms with van der Waals surface area (Å²) in [4.78, 5) is 34.5. The number of amides is 1. The van der Waals surface area contributed by atoms with Gasteiger partial charge in [-0.15, -0.1) is 0 Å². The second kappa shape index (κ2) is 9.48. The standard InChI is InChI=1S/C25H23N5O2S/c31-22(12-11-19-7-3-1-4-8-19)29-15-13-28(14-16-29)18-21-17-23(32)30-25(26-21)33-24(27-30)20-9-5-2-6-10-20/h1-12,17H,13-16,18H2. The molecule has 1 aliphatic rings. The van der Waals surface area contributed by atoms with Crippen molar-refractivity contribution in [1.82, 2.24) is 24.4 Å². The van der Waals surface area contributed by atoms with Gasteiger partial charge in [0.25, 0.3) is 5.56 Å². The van der Waals surface area contributed by atoms with Crippen LogP contribution in [0, 0.1) is 0 Å². The number of hydrogen-bond donors (Lipinski definition) is 0. The van der Waals surface area contributed by atoms with Gasteiger partial charge in [-0.2, -0.15) is 9.61 Å². The van der Waals surface area contributed by atoms with Gasteiger partial charge in [-0.05, 0) is 11.6 Å². The maximum absolute atomic E-state index is 12.6. The summed E-state index contributed by atoms with van der Waals surface area (Å²) in [6.45, 7) is 3.36. The molecule has 0 aliphatic carbocycles. The van der Waals surface area contributed by atoms with Crippen molar-refractivity contribution in [3.8, 4) is 10.6 Å². The highest BCUT2D eigenvalue weighted by molar-refractivity contribution is 7.19. The van der Waals surface area contributed by atoms with Gasteiger partial charge in [0.05, 0.1) is 5.69 Å². The Labute approximate surface area is 195 Å². The number of nitrogens with zero attached hydrogens (tertiary/aromatic N) is 5. The molecule has 7 nitrogen and oxygen atoms in total. The molecule has 1 aliphatic heterocycles. The summed E-state index contributed by atoms with van der Waals surface area (Å²) in [7, 11) is 0. The van der Waals surface area contributed by atoms with E-state index in [1.165, 1.54) is 15.9 Å². The minimum Gasteiger partial charge on any atom is -0.337 e. The highest BCUT2D eigenvalue weighted by atomic mass is 32.1. The maximum atomic E-state index is 12.6. The number of rotatable bonds is 5. The summed E-state index contributed by atoms with van der Waals surface area (Å²) in [5.41, 5.74) is 2.53. The van der Waals surface area contributed by atoms with Gasteiger partial charge in [-0.1, -0.05) is 72.0 Å². The molecular formula is C25H23N5O2S. The molecule has 0 unspecified atom stereocenters. The van der Waals surface area contributed by atoms with Gasteiger partial charge >= 0.3 is 0 Å². The van der Waals surface area contributed by atoms with Gasteiger partial charge < -0.3 is 4.90 Å². The number of piperazine rings is 1. The summed E-state index contributed by atoms with van der Waals surface area (Å²) in [6, 6.07) is 21.2. The van der Waals surface area contributed by atoms with Crippen LogP contribution in [-0.4, -0.2) is 56.5 Å². The normalized spacial score (nSPS) is 14.8. The minimum atomic E-state index is -0.173. The number of fused-ring (bicyclic) bond motifs is 1. The number of aromatic nitrogens is 3. The number of carbonyl (C=O) groups is 1. The van der Waals surface area contributed by atoms with E-state index in [4.69, 9.17) is 0 Å². The predicted molar refractivity (Wildman–Crippen MR) is 130 cm³/mol. The van der Waals surface area contributed by atoms with E-state index in [0.717, 1.165) is 34.9 Å². The van der Waals surface area contributed by atoms with Crippen molar-refractivity contribution in [2.45, 2.75) is 6.54 Å². The predicted octanol–water partition coefficient (Wildman–Crippen LogP) is 3.18. The number of benzene rings is 2. The Morgan fingerprint density at radius 3 is 2.39 bits per heavy atom. The van der Waals surface area contributed by atoms with Gasteiger partial charge in [-0.3, -0.25) is 14.5 Å². The first kappa shape index (κ1) is 21.2. The molecule has 0 saturated carbocycles. The largest absolute Gasteiger partial charge is 0.337 e. The summed E-state index contributed by atoms with van der Waals surface area (Å²) in [6.07, 6.45) is 3.48. The van der Waals surface area contributed by atoms with Crippen LogP contribution in [0.5, 0.6) is 0 Å². The second-order valence-electron chi connectivity index (χ2n) is 7.90. The van der Waals surface area contributed by atoms with Crippen LogP contribution < -0.4 is 5.56 Å². The summed E-state index contributed by atoms with van der Waals surface area (Å²) in [5.74, 6) is 0.0226. The van der Waals surface area contributed by atoms with Crippen molar-refractivity contribution in [1.29, 1.82) is 0 Å². The molecule has 2 aromatic heterocycles. The Morgan fingerprint density at radius 2 is 1.67 bits per heavy atom. The molecule has 3 heterocycles. The molecular weight excluding hydrogens is 434 g/mol. The molecule has 33 heavy (non-hydrogen) atoms. The molecule has 0 radical (unpaired) electrons. The van der Waals surface area contributed by atoms with Crippen LogP contribution in [0.25, 0.3) is 21.6 Å². The third-order valence-electron chi connectivity index (χ3n) is 5.61. The lowest BCUT2D eigenvalue weighted by molar-refractivity contribution is -0.127. The first-order valence-corrected chi connectivity index (χ1v) is 11.7. The van der Waals surface area contributed by atoms with Crippen molar-refractivity contribution in [3.63, 3.8) is 0 Å². The van der Waals surface area contributed by atoms with Crippen LogP contribution in [0.4, 0.5) is 0 Å². The third kappa shape index (κ3) is 4.92. The Balaban J connectivity index is 1.22. The van der Waals surface area contributed by atoms with Gasteiger partial charge in [0.15, 0.2) is 0 Å². The van der Waals surface area contributed by atoms with E-state index in [2.05, 4.69) is 15.0 Å². The summed E-state index contributed by atoms with van der Waals surface area (Å²) >= 11 is 1.41. The second-order valence-corrected chi connectivity index (χ2v) is 8.85. The molecule has 8 heteroatoms. The van der Waals surface area contributed by atoms with Crippen molar-refractivity contribution < 1.29 is 4.79 Å². The maximum Gasteiger partial charge on any atom is 0.275 e. The lowest BCUT2D eigenvalue weighted by Crippen LogP contribution is -2.48. The Bertz CT molecular complexity index is 1340. The SMILES string of the molecule is O=C(C=Cc1ccccc1)N1CCN(Cc2cc(=O)n3nc(-c4ccccc4)sc3n2)CC1. The molecule has 1 amide bonds. The van der Waals surface area contributed by atoms with Crippen molar-refractivity contribution in [2.75, 3.05) is 26.2 Å². The van der Waals surface area contributed by atoms with Crippen LogP contribution >= 0.6 is 11.3 Å². The molecule has 2 aromatic carbocycles. The average Bonchev–Trinajstić information content (AvgIpc) is 3.29. The van der Waals surface area contributed by atoms with Crippen molar-refractivity contribution >= 4 is 28.3 Å². The van der Waals surface area contributed by atoms with Crippen LogP contribution in [-0.2, 0) is 11.3 Å². The first-order chi connectivity index (χ1) is 16.2. The van der Waals surface area contributed by atoms with Crippen LogP contribution in [0.15, 0.2) is 77.6 Å². The van der Waals surface area contributed by atoms with Crippen molar-refractivity contribution in [3.05, 3.63) is 94.4 Å². The fourth-order valence-corrected chi connectivity index (χ4v) is 4.76. The van der Waals surface area contributed by atoms with Gasteiger partial charge in [0.2, 0.25) is 10.9 Å². The van der Waals surface area contributed by atoms with E-state index in [1.54, 1.807) is 12.1 Å². The molecule has 0 N–H and O–H groups in total. The van der Waals surface area contributed by atoms with Crippen LogP contribution in [0.2, 0.25) is 0 Å². The van der Waals surface area contributed by atoms with E-state index < -0.39 is 0 Å². The average molecular weight is 458 g/mol. The zero-order valence-electron chi connectivity index (χ0n) is 18.0. The van der Waals surface area contributed by atoms with E-state index in [9.17, 15) is 9.59 Å². The number of carbonyl (C=O) groups excluding carboxylic acids is 1. The van der Waals surface area contributed by atoms with E-state index >= 15 is 0 Å². The van der Waals surface area contributed by atoms with E-state index in [-0.39, 0.29) is 11.5 Å². The third-order valence-corrected chi connectivity index (χ3v) is 6.56. The highest BCUT2D eigenvalue weighted by Gasteiger charge is 2.20. The Kier molecular flexibility index (Phi) is 6.10. The number of hydrogen-bond acceptors (Lipinski definition) is 6. The Morgan fingerprint density at radius 1 is 0.970 bits per heavy atom. The molecule has 166 valence electrons. The molecule has 1 saturated heterocycles. The molecule has 5 rings (SSSR count). The molecule has 4 aromatic rings. The highest BCUT2D eigenvalue weighted by Crippen LogP contribution is 2.24. The van der Waals surface area contributed by atoms with E-state index in [1.807, 2.05) is 71.6 Å². The zero-order chi connectivity index (χ0) is 22.6. The van der Waals surface area contributed by atoms with Gasteiger partial charge in [-0.25, -0.2) is 4.98 Å². The first-order valence-electron chi connectivity index (χ1n) is 10.9. The smallest absolute Gasteiger partial charge is 0.275 e. The molecule has 0 atom stereocenters. The molecule has 1 fully saturated rings. The molecule has 0 bridgehead atoms. The van der Waals surface area contributed by atoms with E-state index in [0.29, 0.717) is 24.6 Å². The lowest BCUT2D eigenvalue weighted by Gasteiger charge is -2.34. The Hall–Kier alpha value is -3.62. The van der Waals surface area contributed by atoms with Crippen molar-refractivity contribution in [2.24, 2.45) is 0 Å². The van der Waals surface area contributed by atoms with Crippen LogP contribution in [0.3, 0.4) is 0 Å². The molecule has 0 spiro atoms. The quantitative estimate of drug-likeness (QED) is 0.431. The summed E-state index contributed by atoms with van der Waals surface area (Å²) < 4.78 is 1.37. The van der Waals surface area contributed by atoms with Gasteiger partial charge in [0, 0.05) is 50.4 Å². The zero-order valence-corrected chi connectivity index (χ0v) is 18.8. The fourth-order valence-electron chi connectivity index (χ4n) is 3.83. The van der Waals surface area contributed by atoms with Gasteiger partial charge in [0.1, 0.15) is 5.01 Å².